The van der Waals surface area contributed by atoms with E-state index < -0.39 is 5.91 Å². The lowest BCUT2D eigenvalue weighted by molar-refractivity contribution is 0.0945. The number of nitrogens with two attached hydrogens (primary N) is 1. The van der Waals surface area contributed by atoms with Crippen LogP contribution in [0.5, 0.6) is 5.75 Å². The first-order valence-corrected chi connectivity index (χ1v) is 7.98. The number of methoxy groups -OCH3 is 1. The Kier molecular flexibility index (Phi) is 6.49. The van der Waals surface area contributed by atoms with Crippen LogP contribution in [0.2, 0.25) is 0 Å². The molecule has 0 aromatic heterocycles. The highest BCUT2D eigenvalue weighted by Gasteiger charge is 2.11. The molecule has 25 heavy (non-hydrogen) atoms. The third kappa shape index (κ3) is 5.59. The van der Waals surface area contributed by atoms with Crippen LogP contribution in [0.4, 0.5) is 11.4 Å². The number of para-hydroxylation sites is 1. The van der Waals surface area contributed by atoms with E-state index in [9.17, 15) is 4.79 Å². The summed E-state index contributed by atoms with van der Waals surface area (Å²) in [5.41, 5.74) is 12.2. The molecule has 0 unspecified atom stereocenters. The number of carbonyl (C=O) groups excluding carboxylic acids is 1. The van der Waals surface area contributed by atoms with E-state index in [2.05, 4.69) is 21.5 Å². The van der Waals surface area contributed by atoms with Crippen LogP contribution in [0.3, 0.4) is 0 Å². The number of thiocarbonyl (C=S) groups is 2. The Morgan fingerprint density at radius 1 is 1.00 bits per heavy atom. The van der Waals surface area contributed by atoms with Crippen LogP contribution in [0.25, 0.3) is 0 Å². The molecule has 0 fully saturated rings. The molecule has 2 aromatic carbocycles. The van der Waals surface area contributed by atoms with E-state index in [-0.39, 0.29) is 10.2 Å². The molecule has 2 aromatic rings. The van der Waals surface area contributed by atoms with E-state index in [0.717, 1.165) is 11.4 Å². The minimum atomic E-state index is -0.391. The molecule has 1 amide bonds. The molecule has 7 nitrogen and oxygen atoms in total. The zero-order valence-corrected chi connectivity index (χ0v) is 15.0. The van der Waals surface area contributed by atoms with Gasteiger partial charge in [-0.05, 0) is 60.8 Å². The summed E-state index contributed by atoms with van der Waals surface area (Å²) in [5, 5.41) is 6.00. The van der Waals surface area contributed by atoms with E-state index in [1.165, 1.54) is 0 Å². The summed E-state index contributed by atoms with van der Waals surface area (Å²) in [7, 11) is 1.59. The number of hydrazine groups is 1. The second-order valence-electron chi connectivity index (χ2n) is 4.80. The number of hydrogen-bond acceptors (Lipinski definition) is 4. The molecule has 0 bridgehead atoms. The van der Waals surface area contributed by atoms with Gasteiger partial charge in [0.15, 0.2) is 10.2 Å². The van der Waals surface area contributed by atoms with E-state index in [0.29, 0.717) is 11.3 Å². The van der Waals surface area contributed by atoms with Crippen LogP contribution in [0.1, 0.15) is 10.4 Å². The van der Waals surface area contributed by atoms with Crippen molar-refractivity contribution in [3.05, 3.63) is 54.1 Å². The fraction of sp³-hybridized carbons (Fsp3) is 0.0625. The molecule has 0 aliphatic heterocycles. The standard InChI is InChI=1S/C16H17N5O2S2/c1-23-11-8-6-10(7-9-11)18-16(25)21-20-14(22)12-4-2-3-5-13(12)19-15(17)24/h2-9H,1H3,(H,20,22)(H3,17,19,24)(H2,18,21,25). The molecule has 6 N–H and O–H groups in total. The first-order valence-electron chi connectivity index (χ1n) is 7.16. The van der Waals surface area contributed by atoms with Gasteiger partial charge in [-0.3, -0.25) is 15.6 Å². The van der Waals surface area contributed by atoms with Crippen LogP contribution in [0.15, 0.2) is 48.5 Å². The number of carbonyl (C=O) groups is 1. The topological polar surface area (TPSA) is 100 Å². The van der Waals surface area contributed by atoms with Gasteiger partial charge >= 0.3 is 0 Å². The van der Waals surface area contributed by atoms with Crippen molar-refractivity contribution in [1.29, 1.82) is 0 Å². The lowest BCUT2D eigenvalue weighted by atomic mass is 10.1. The molecule has 0 saturated carbocycles. The average Bonchev–Trinajstić information content (AvgIpc) is 2.60. The number of benzene rings is 2. The Morgan fingerprint density at radius 3 is 2.32 bits per heavy atom. The zero-order chi connectivity index (χ0) is 18.2. The maximum Gasteiger partial charge on any atom is 0.271 e. The van der Waals surface area contributed by atoms with Crippen molar-refractivity contribution >= 4 is 51.9 Å². The first-order chi connectivity index (χ1) is 12.0. The minimum absolute atomic E-state index is 0.0740. The quantitative estimate of drug-likeness (QED) is 0.409. The molecule has 130 valence electrons. The number of hydrogen-bond donors (Lipinski definition) is 5. The van der Waals surface area contributed by atoms with Crippen molar-refractivity contribution in [1.82, 2.24) is 10.9 Å². The van der Waals surface area contributed by atoms with Gasteiger partial charge in [-0.1, -0.05) is 12.1 Å². The summed E-state index contributed by atoms with van der Waals surface area (Å²) in [6.07, 6.45) is 0. The van der Waals surface area contributed by atoms with Gasteiger partial charge in [0.2, 0.25) is 0 Å². The Bertz CT molecular complexity index is 780. The van der Waals surface area contributed by atoms with Gasteiger partial charge < -0.3 is 21.1 Å². The van der Waals surface area contributed by atoms with Gasteiger partial charge in [0.25, 0.3) is 5.91 Å². The van der Waals surface area contributed by atoms with Gasteiger partial charge in [-0.25, -0.2) is 0 Å². The first kappa shape index (κ1) is 18.4. The number of rotatable bonds is 4. The second kappa shape index (κ2) is 8.81. The molecular formula is C16H17N5O2S2. The Balaban J connectivity index is 1.93. The molecule has 0 radical (unpaired) electrons. The molecular weight excluding hydrogens is 358 g/mol. The van der Waals surface area contributed by atoms with E-state index in [1.807, 2.05) is 0 Å². The van der Waals surface area contributed by atoms with Gasteiger partial charge in [0.1, 0.15) is 5.75 Å². The Morgan fingerprint density at radius 2 is 1.68 bits per heavy atom. The molecule has 0 atom stereocenters. The molecule has 2 rings (SSSR count). The lowest BCUT2D eigenvalue weighted by Gasteiger charge is -2.14. The van der Waals surface area contributed by atoms with Crippen LogP contribution in [0, 0.1) is 0 Å². The summed E-state index contributed by atoms with van der Waals surface area (Å²) < 4.78 is 5.08. The van der Waals surface area contributed by atoms with Crippen molar-refractivity contribution in [3.8, 4) is 5.75 Å². The van der Waals surface area contributed by atoms with Crippen molar-refractivity contribution in [2.75, 3.05) is 17.7 Å². The summed E-state index contributed by atoms with van der Waals surface area (Å²) in [6, 6.07) is 14.0. The summed E-state index contributed by atoms with van der Waals surface area (Å²) >= 11 is 9.94. The third-order valence-electron chi connectivity index (χ3n) is 3.07. The smallest absolute Gasteiger partial charge is 0.271 e. The number of ether oxygens (including phenoxy) is 1. The summed E-state index contributed by atoms with van der Waals surface area (Å²) in [5.74, 6) is 0.345. The Hall–Kier alpha value is -2.91. The molecule has 0 aliphatic rings. The third-order valence-corrected chi connectivity index (χ3v) is 3.37. The molecule has 0 aliphatic carbocycles. The predicted molar refractivity (Wildman–Crippen MR) is 107 cm³/mol. The largest absolute Gasteiger partial charge is 0.497 e. The highest BCUT2D eigenvalue weighted by atomic mass is 32.1. The fourth-order valence-electron chi connectivity index (χ4n) is 1.94. The number of nitrogens with one attached hydrogen (secondary N) is 4. The molecule has 0 spiro atoms. The van der Waals surface area contributed by atoms with Gasteiger partial charge in [0.05, 0.1) is 18.4 Å². The van der Waals surface area contributed by atoms with Crippen LogP contribution >= 0.6 is 24.4 Å². The van der Waals surface area contributed by atoms with Gasteiger partial charge in [-0.2, -0.15) is 0 Å². The molecule has 0 saturated heterocycles. The van der Waals surface area contributed by atoms with E-state index in [1.54, 1.807) is 55.6 Å². The van der Waals surface area contributed by atoms with Crippen LogP contribution in [-0.2, 0) is 0 Å². The van der Waals surface area contributed by atoms with Crippen LogP contribution in [-0.4, -0.2) is 23.2 Å². The SMILES string of the molecule is COc1ccc(NC(=S)NNC(=O)c2ccccc2NC(N)=S)cc1. The lowest BCUT2D eigenvalue weighted by Crippen LogP contribution is -2.44. The maximum absolute atomic E-state index is 12.3. The average molecular weight is 375 g/mol. The number of amides is 1. The zero-order valence-electron chi connectivity index (χ0n) is 13.3. The number of anilines is 2. The van der Waals surface area contributed by atoms with Crippen molar-refractivity contribution in [3.63, 3.8) is 0 Å². The molecule has 0 heterocycles. The summed E-state index contributed by atoms with van der Waals surface area (Å²) in [6.45, 7) is 0. The highest BCUT2D eigenvalue weighted by molar-refractivity contribution is 7.80. The Labute approximate surface area is 155 Å². The predicted octanol–water partition coefficient (Wildman–Crippen LogP) is 1.98. The monoisotopic (exact) mass is 375 g/mol. The van der Waals surface area contributed by atoms with Crippen molar-refractivity contribution < 1.29 is 9.53 Å². The van der Waals surface area contributed by atoms with Gasteiger partial charge in [-0.15, -0.1) is 0 Å². The normalized spacial score (nSPS) is 9.64. The fourth-order valence-corrected chi connectivity index (χ4v) is 2.22. The van der Waals surface area contributed by atoms with E-state index in [4.69, 9.17) is 34.9 Å². The van der Waals surface area contributed by atoms with Crippen molar-refractivity contribution in [2.24, 2.45) is 5.73 Å². The van der Waals surface area contributed by atoms with E-state index >= 15 is 0 Å². The highest BCUT2D eigenvalue weighted by Crippen LogP contribution is 2.15. The summed E-state index contributed by atoms with van der Waals surface area (Å²) in [4.78, 5) is 12.3. The van der Waals surface area contributed by atoms with Crippen LogP contribution < -0.4 is 32.0 Å². The second-order valence-corrected chi connectivity index (χ2v) is 5.64. The van der Waals surface area contributed by atoms with Gasteiger partial charge in [0, 0.05) is 5.69 Å². The minimum Gasteiger partial charge on any atom is -0.497 e. The van der Waals surface area contributed by atoms with Crippen molar-refractivity contribution in [2.45, 2.75) is 0 Å². The molecule has 9 heteroatoms. The maximum atomic E-state index is 12.3.